The van der Waals surface area contributed by atoms with E-state index in [-0.39, 0.29) is 18.2 Å². The molecule has 96 valence electrons. The molecule has 1 N–H and O–H groups in total. The fraction of sp³-hybridized carbons (Fsp3) is 0.417. The summed E-state index contributed by atoms with van der Waals surface area (Å²) < 4.78 is 5.02. The van der Waals surface area contributed by atoms with E-state index in [0.29, 0.717) is 24.5 Å². The van der Waals surface area contributed by atoms with Crippen LogP contribution in [0.4, 0.5) is 0 Å². The maximum Gasteiger partial charge on any atom is 0.303 e. The van der Waals surface area contributed by atoms with E-state index in [9.17, 15) is 9.59 Å². The molecular formula is C12H14N2O4. The van der Waals surface area contributed by atoms with Crippen LogP contribution in [-0.2, 0) is 4.79 Å². The van der Waals surface area contributed by atoms with E-state index >= 15 is 0 Å². The van der Waals surface area contributed by atoms with Crippen LogP contribution in [0.25, 0.3) is 0 Å². The Balaban J connectivity index is 1.99. The molecule has 0 atom stereocenters. The SMILES string of the molecule is COc1ncccc1C(=O)N1CC(CC(=O)O)C1. The summed E-state index contributed by atoms with van der Waals surface area (Å²) in [5.74, 6) is -0.647. The fourth-order valence-electron chi connectivity index (χ4n) is 2.00. The van der Waals surface area contributed by atoms with Gasteiger partial charge in [0.05, 0.1) is 13.5 Å². The maximum absolute atomic E-state index is 12.1. The molecule has 0 bridgehead atoms. The highest BCUT2D eigenvalue weighted by atomic mass is 16.5. The van der Waals surface area contributed by atoms with Gasteiger partial charge < -0.3 is 14.7 Å². The van der Waals surface area contributed by atoms with Gasteiger partial charge in [0.15, 0.2) is 0 Å². The Hall–Kier alpha value is -2.11. The van der Waals surface area contributed by atoms with Gasteiger partial charge in [-0.25, -0.2) is 4.98 Å². The molecule has 1 aliphatic heterocycles. The highest BCUT2D eigenvalue weighted by Gasteiger charge is 2.33. The van der Waals surface area contributed by atoms with Gasteiger partial charge >= 0.3 is 5.97 Å². The van der Waals surface area contributed by atoms with E-state index < -0.39 is 5.97 Å². The molecule has 0 aliphatic carbocycles. The first-order valence-electron chi connectivity index (χ1n) is 5.62. The van der Waals surface area contributed by atoms with Crippen molar-refractivity contribution in [3.8, 4) is 5.88 Å². The first-order valence-corrected chi connectivity index (χ1v) is 5.62. The minimum absolute atomic E-state index is 0.0501. The summed E-state index contributed by atoms with van der Waals surface area (Å²) in [6.07, 6.45) is 1.66. The number of aliphatic carboxylic acids is 1. The van der Waals surface area contributed by atoms with E-state index in [1.807, 2.05) is 0 Å². The third-order valence-corrected chi connectivity index (χ3v) is 2.90. The Morgan fingerprint density at radius 1 is 1.56 bits per heavy atom. The second-order valence-electron chi connectivity index (χ2n) is 4.23. The van der Waals surface area contributed by atoms with Crippen molar-refractivity contribution in [1.82, 2.24) is 9.88 Å². The topological polar surface area (TPSA) is 79.7 Å². The second kappa shape index (κ2) is 5.03. The number of carbonyl (C=O) groups excluding carboxylic acids is 1. The van der Waals surface area contributed by atoms with Gasteiger partial charge in [-0.05, 0) is 12.1 Å². The third-order valence-electron chi connectivity index (χ3n) is 2.90. The molecule has 1 fully saturated rings. The maximum atomic E-state index is 12.1. The molecule has 6 nitrogen and oxygen atoms in total. The van der Waals surface area contributed by atoms with E-state index in [1.54, 1.807) is 23.2 Å². The number of amides is 1. The Kier molecular flexibility index (Phi) is 3.45. The molecule has 0 aromatic carbocycles. The molecule has 2 rings (SSSR count). The van der Waals surface area contributed by atoms with E-state index in [2.05, 4.69) is 4.98 Å². The molecule has 0 spiro atoms. The van der Waals surface area contributed by atoms with Crippen molar-refractivity contribution in [3.05, 3.63) is 23.9 Å². The Labute approximate surface area is 104 Å². The van der Waals surface area contributed by atoms with E-state index in [1.165, 1.54) is 7.11 Å². The van der Waals surface area contributed by atoms with Gasteiger partial charge in [0, 0.05) is 25.2 Å². The normalized spacial score (nSPS) is 15.1. The van der Waals surface area contributed by atoms with Crippen LogP contribution in [0, 0.1) is 5.92 Å². The molecule has 2 heterocycles. The number of ether oxygens (including phenoxy) is 1. The van der Waals surface area contributed by atoms with Crippen LogP contribution in [0.1, 0.15) is 16.8 Å². The minimum Gasteiger partial charge on any atom is -0.481 e. The van der Waals surface area contributed by atoms with E-state index in [0.717, 1.165) is 0 Å². The van der Waals surface area contributed by atoms with Crippen LogP contribution in [0.5, 0.6) is 5.88 Å². The van der Waals surface area contributed by atoms with Crippen molar-refractivity contribution >= 4 is 11.9 Å². The highest BCUT2D eigenvalue weighted by molar-refractivity contribution is 5.96. The number of rotatable bonds is 4. The molecule has 1 aliphatic rings. The number of pyridine rings is 1. The lowest BCUT2D eigenvalue weighted by molar-refractivity contribution is -0.139. The van der Waals surface area contributed by atoms with Gasteiger partial charge in [-0.2, -0.15) is 0 Å². The molecule has 0 unspecified atom stereocenters. The van der Waals surface area contributed by atoms with Crippen molar-refractivity contribution < 1.29 is 19.4 Å². The van der Waals surface area contributed by atoms with E-state index in [4.69, 9.17) is 9.84 Å². The standard InChI is InChI=1S/C12H14N2O4/c1-18-11-9(3-2-4-13-11)12(17)14-6-8(7-14)5-10(15)16/h2-4,8H,5-7H2,1H3,(H,15,16). The Morgan fingerprint density at radius 3 is 2.89 bits per heavy atom. The lowest BCUT2D eigenvalue weighted by Crippen LogP contribution is -2.50. The molecule has 6 heteroatoms. The largest absolute Gasteiger partial charge is 0.481 e. The Bertz CT molecular complexity index is 469. The van der Waals surface area contributed by atoms with Crippen molar-refractivity contribution in [2.24, 2.45) is 5.92 Å². The summed E-state index contributed by atoms with van der Waals surface area (Å²) in [7, 11) is 1.46. The van der Waals surface area contributed by atoms with Crippen molar-refractivity contribution in [2.45, 2.75) is 6.42 Å². The van der Waals surface area contributed by atoms with Gasteiger partial charge in [-0.1, -0.05) is 0 Å². The van der Waals surface area contributed by atoms with Crippen molar-refractivity contribution in [3.63, 3.8) is 0 Å². The van der Waals surface area contributed by atoms with Gasteiger partial charge in [-0.15, -0.1) is 0 Å². The predicted molar refractivity (Wildman–Crippen MR) is 62.4 cm³/mol. The van der Waals surface area contributed by atoms with Crippen LogP contribution in [0.2, 0.25) is 0 Å². The molecule has 1 amide bonds. The number of hydrogen-bond donors (Lipinski definition) is 1. The average molecular weight is 250 g/mol. The zero-order chi connectivity index (χ0) is 13.1. The molecular weight excluding hydrogens is 236 g/mol. The highest BCUT2D eigenvalue weighted by Crippen LogP contribution is 2.24. The number of carboxylic acid groups (broad SMARTS) is 1. The lowest BCUT2D eigenvalue weighted by Gasteiger charge is -2.38. The predicted octanol–water partition coefficient (Wildman–Crippen LogP) is 0.637. The van der Waals surface area contributed by atoms with Crippen molar-refractivity contribution in [1.29, 1.82) is 0 Å². The second-order valence-corrected chi connectivity index (χ2v) is 4.23. The molecule has 0 saturated carbocycles. The number of nitrogens with zero attached hydrogens (tertiary/aromatic N) is 2. The number of methoxy groups -OCH3 is 1. The molecule has 1 aromatic rings. The van der Waals surface area contributed by atoms with Gasteiger partial charge in [0.2, 0.25) is 5.88 Å². The number of carboxylic acids is 1. The van der Waals surface area contributed by atoms with Crippen LogP contribution >= 0.6 is 0 Å². The zero-order valence-corrected chi connectivity index (χ0v) is 10.00. The smallest absolute Gasteiger partial charge is 0.303 e. The van der Waals surface area contributed by atoms with Crippen LogP contribution in [-0.4, -0.2) is 47.1 Å². The molecule has 1 saturated heterocycles. The Morgan fingerprint density at radius 2 is 2.28 bits per heavy atom. The third kappa shape index (κ3) is 2.42. The number of hydrogen-bond acceptors (Lipinski definition) is 4. The molecule has 1 aromatic heterocycles. The minimum atomic E-state index is -0.828. The number of carbonyl (C=O) groups is 2. The molecule has 0 radical (unpaired) electrons. The summed E-state index contributed by atoms with van der Waals surface area (Å²) in [6.45, 7) is 0.951. The fourth-order valence-corrected chi connectivity index (χ4v) is 2.00. The summed E-state index contributed by atoms with van der Waals surface area (Å²) >= 11 is 0. The van der Waals surface area contributed by atoms with Gasteiger partial charge in [0.1, 0.15) is 5.56 Å². The number of likely N-dealkylation sites (tertiary alicyclic amines) is 1. The van der Waals surface area contributed by atoms with Gasteiger partial charge in [-0.3, -0.25) is 9.59 Å². The summed E-state index contributed by atoms with van der Waals surface area (Å²) in [5.41, 5.74) is 0.411. The first kappa shape index (κ1) is 12.3. The lowest BCUT2D eigenvalue weighted by atomic mass is 9.95. The average Bonchev–Trinajstić information content (AvgIpc) is 2.32. The summed E-state index contributed by atoms with van der Waals surface area (Å²) in [5, 5.41) is 8.64. The quantitative estimate of drug-likeness (QED) is 0.848. The van der Waals surface area contributed by atoms with Crippen LogP contribution in [0.3, 0.4) is 0 Å². The van der Waals surface area contributed by atoms with Gasteiger partial charge in [0.25, 0.3) is 5.91 Å². The monoisotopic (exact) mass is 250 g/mol. The molecule has 18 heavy (non-hydrogen) atoms. The summed E-state index contributed by atoms with van der Waals surface area (Å²) in [4.78, 5) is 28.2. The van der Waals surface area contributed by atoms with Crippen LogP contribution in [0.15, 0.2) is 18.3 Å². The van der Waals surface area contributed by atoms with Crippen molar-refractivity contribution in [2.75, 3.05) is 20.2 Å². The van der Waals surface area contributed by atoms with Crippen LogP contribution < -0.4 is 4.74 Å². The first-order chi connectivity index (χ1) is 8.61. The number of aromatic nitrogens is 1. The summed E-state index contributed by atoms with van der Waals surface area (Å²) in [6, 6.07) is 3.32. The zero-order valence-electron chi connectivity index (χ0n) is 10.00.